The lowest BCUT2D eigenvalue weighted by Gasteiger charge is -2.31. The summed E-state index contributed by atoms with van der Waals surface area (Å²) in [5.41, 5.74) is 2.27. The van der Waals surface area contributed by atoms with Crippen LogP contribution >= 0.6 is 15.9 Å². The Balaban J connectivity index is 1.56. The Morgan fingerprint density at radius 2 is 2.09 bits per heavy atom. The molecule has 0 spiro atoms. The van der Waals surface area contributed by atoms with E-state index in [9.17, 15) is 4.79 Å². The van der Waals surface area contributed by atoms with Gasteiger partial charge in [0.05, 0.1) is 5.69 Å². The van der Waals surface area contributed by atoms with Crippen molar-refractivity contribution in [1.29, 1.82) is 0 Å². The second-order valence-corrected chi connectivity index (χ2v) is 6.73. The molecule has 1 amide bonds. The number of piperidine rings is 1. The van der Waals surface area contributed by atoms with E-state index >= 15 is 0 Å². The zero-order chi connectivity index (χ0) is 15.7. The number of aryl methyl sites for hydroxylation is 2. The van der Waals surface area contributed by atoms with Crippen LogP contribution in [-0.2, 0) is 6.54 Å². The quantitative estimate of drug-likeness (QED) is 0.837. The summed E-state index contributed by atoms with van der Waals surface area (Å²) in [6.45, 7) is 6.61. The largest absolute Gasteiger partial charge is 0.444 e. The van der Waals surface area contributed by atoms with Crippen molar-refractivity contribution in [1.82, 2.24) is 14.7 Å². The van der Waals surface area contributed by atoms with Gasteiger partial charge in [-0.3, -0.25) is 9.48 Å². The summed E-state index contributed by atoms with van der Waals surface area (Å²) in [5.74, 6) is 0.963. The number of hydrogen-bond acceptors (Lipinski definition) is 3. The maximum absolute atomic E-state index is 12.3. The third-order valence-corrected chi connectivity index (χ3v) is 4.65. The molecule has 2 aromatic heterocycles. The first-order valence-corrected chi connectivity index (χ1v) is 8.38. The topological polar surface area (TPSA) is 51.3 Å². The van der Waals surface area contributed by atoms with Crippen molar-refractivity contribution in [3.05, 3.63) is 40.0 Å². The van der Waals surface area contributed by atoms with E-state index in [-0.39, 0.29) is 5.91 Å². The summed E-state index contributed by atoms with van der Waals surface area (Å²) >= 11 is 3.23. The highest BCUT2D eigenvalue weighted by Gasteiger charge is 2.25. The Bertz CT molecular complexity index is 669. The predicted octanol–water partition coefficient (Wildman–Crippen LogP) is 3.41. The van der Waals surface area contributed by atoms with Gasteiger partial charge in [-0.1, -0.05) is 0 Å². The highest BCUT2D eigenvalue weighted by Crippen LogP contribution is 2.23. The molecule has 5 nitrogen and oxygen atoms in total. The third kappa shape index (κ3) is 3.27. The van der Waals surface area contributed by atoms with Crippen LogP contribution in [0, 0.1) is 19.8 Å². The number of amides is 1. The molecule has 3 heterocycles. The minimum atomic E-state index is -0.0183. The Labute approximate surface area is 138 Å². The number of halogens is 1. The molecule has 1 aliphatic heterocycles. The van der Waals surface area contributed by atoms with Crippen LogP contribution in [0.2, 0.25) is 0 Å². The molecule has 0 aromatic carbocycles. The van der Waals surface area contributed by atoms with Crippen LogP contribution in [0.25, 0.3) is 0 Å². The molecule has 1 aliphatic rings. The van der Waals surface area contributed by atoms with E-state index in [0.717, 1.165) is 38.2 Å². The van der Waals surface area contributed by atoms with E-state index in [0.29, 0.717) is 16.3 Å². The van der Waals surface area contributed by atoms with Crippen LogP contribution in [0.5, 0.6) is 0 Å². The van der Waals surface area contributed by atoms with Crippen LogP contribution in [-0.4, -0.2) is 33.7 Å². The number of hydrogen-bond donors (Lipinski definition) is 0. The monoisotopic (exact) mass is 365 g/mol. The third-order valence-electron chi connectivity index (χ3n) is 4.22. The molecule has 22 heavy (non-hydrogen) atoms. The van der Waals surface area contributed by atoms with Gasteiger partial charge in [-0.15, -0.1) is 0 Å². The average Bonchev–Trinajstić information content (AvgIpc) is 3.05. The lowest BCUT2D eigenvalue weighted by molar-refractivity contribution is 0.0647. The summed E-state index contributed by atoms with van der Waals surface area (Å²) in [7, 11) is 0. The number of furan rings is 1. The van der Waals surface area contributed by atoms with Crippen LogP contribution in [0.4, 0.5) is 0 Å². The average molecular weight is 366 g/mol. The highest BCUT2D eigenvalue weighted by molar-refractivity contribution is 9.10. The Hall–Kier alpha value is -1.56. The van der Waals surface area contributed by atoms with Gasteiger partial charge in [-0.25, -0.2) is 0 Å². The van der Waals surface area contributed by atoms with Crippen LogP contribution in [0.15, 0.2) is 27.3 Å². The van der Waals surface area contributed by atoms with Gasteiger partial charge in [0, 0.05) is 25.3 Å². The van der Waals surface area contributed by atoms with Crippen LogP contribution < -0.4 is 0 Å². The molecule has 3 rings (SSSR count). The lowest BCUT2D eigenvalue weighted by atomic mass is 9.96. The molecule has 0 unspecified atom stereocenters. The first kappa shape index (κ1) is 15.3. The van der Waals surface area contributed by atoms with E-state index < -0.39 is 0 Å². The molecule has 2 aromatic rings. The van der Waals surface area contributed by atoms with E-state index in [2.05, 4.69) is 38.7 Å². The van der Waals surface area contributed by atoms with E-state index in [1.807, 2.05) is 11.8 Å². The number of likely N-dealkylation sites (tertiary alicyclic amines) is 1. The first-order valence-electron chi connectivity index (χ1n) is 7.58. The second-order valence-electron chi connectivity index (χ2n) is 5.95. The zero-order valence-corrected chi connectivity index (χ0v) is 14.5. The molecule has 1 fully saturated rings. The summed E-state index contributed by atoms with van der Waals surface area (Å²) in [5, 5.41) is 4.52. The van der Waals surface area contributed by atoms with Crippen molar-refractivity contribution in [2.45, 2.75) is 33.2 Å². The standard InChI is InChI=1S/C16H20BrN3O2/c1-11-9-12(2)20(18-11)10-13-5-7-19(8-6-13)16(21)14-3-4-15(17)22-14/h3-4,9,13H,5-8,10H2,1-2H3. The van der Waals surface area contributed by atoms with Gasteiger partial charge >= 0.3 is 0 Å². The Kier molecular flexibility index (Phi) is 4.38. The molecule has 1 saturated heterocycles. The number of carbonyl (C=O) groups is 1. The molecule has 0 atom stereocenters. The van der Waals surface area contributed by atoms with Crippen molar-refractivity contribution in [3.8, 4) is 0 Å². The predicted molar refractivity (Wildman–Crippen MR) is 86.7 cm³/mol. The van der Waals surface area contributed by atoms with Gasteiger partial charge in [-0.05, 0) is 66.7 Å². The first-order chi connectivity index (χ1) is 10.5. The van der Waals surface area contributed by atoms with Gasteiger partial charge in [0.25, 0.3) is 5.91 Å². The molecule has 0 N–H and O–H groups in total. The lowest BCUT2D eigenvalue weighted by Crippen LogP contribution is -2.39. The number of carbonyl (C=O) groups excluding carboxylic acids is 1. The SMILES string of the molecule is Cc1cc(C)n(CC2CCN(C(=O)c3ccc(Br)o3)CC2)n1. The van der Waals surface area contributed by atoms with Crippen molar-refractivity contribution < 1.29 is 9.21 Å². The maximum atomic E-state index is 12.3. The molecular formula is C16H20BrN3O2. The maximum Gasteiger partial charge on any atom is 0.289 e. The van der Waals surface area contributed by atoms with Crippen molar-refractivity contribution in [3.63, 3.8) is 0 Å². The van der Waals surface area contributed by atoms with E-state index in [1.165, 1.54) is 5.69 Å². The van der Waals surface area contributed by atoms with Gasteiger partial charge < -0.3 is 9.32 Å². The molecule has 6 heteroatoms. The highest BCUT2D eigenvalue weighted by atomic mass is 79.9. The van der Waals surface area contributed by atoms with Gasteiger partial charge in [0.15, 0.2) is 10.4 Å². The van der Waals surface area contributed by atoms with Gasteiger partial charge in [0.2, 0.25) is 0 Å². The number of nitrogens with zero attached hydrogens (tertiary/aromatic N) is 3. The molecule has 118 valence electrons. The van der Waals surface area contributed by atoms with Gasteiger partial charge in [0.1, 0.15) is 0 Å². The minimum absolute atomic E-state index is 0.0183. The summed E-state index contributed by atoms with van der Waals surface area (Å²) in [6.07, 6.45) is 2.01. The normalized spacial score (nSPS) is 16.2. The van der Waals surface area contributed by atoms with Crippen molar-refractivity contribution in [2.75, 3.05) is 13.1 Å². The van der Waals surface area contributed by atoms with E-state index in [4.69, 9.17) is 4.42 Å². The molecule has 0 aliphatic carbocycles. The van der Waals surface area contributed by atoms with Crippen molar-refractivity contribution in [2.24, 2.45) is 5.92 Å². The molecule has 0 bridgehead atoms. The smallest absolute Gasteiger partial charge is 0.289 e. The molecule has 0 radical (unpaired) electrons. The Morgan fingerprint density at radius 1 is 1.36 bits per heavy atom. The second kappa shape index (κ2) is 6.28. The molecular weight excluding hydrogens is 346 g/mol. The summed E-state index contributed by atoms with van der Waals surface area (Å²) in [6, 6.07) is 5.57. The van der Waals surface area contributed by atoms with Gasteiger partial charge in [-0.2, -0.15) is 5.10 Å². The number of rotatable bonds is 3. The number of aromatic nitrogens is 2. The fourth-order valence-corrected chi connectivity index (χ4v) is 3.31. The minimum Gasteiger partial charge on any atom is -0.444 e. The molecule has 0 saturated carbocycles. The van der Waals surface area contributed by atoms with Crippen LogP contribution in [0.3, 0.4) is 0 Å². The zero-order valence-electron chi connectivity index (χ0n) is 12.9. The fourth-order valence-electron chi connectivity index (χ4n) is 3.01. The van der Waals surface area contributed by atoms with Crippen LogP contribution in [0.1, 0.15) is 34.8 Å². The van der Waals surface area contributed by atoms with Crippen molar-refractivity contribution >= 4 is 21.8 Å². The fraction of sp³-hybridized carbons (Fsp3) is 0.500. The summed E-state index contributed by atoms with van der Waals surface area (Å²) < 4.78 is 8.03. The Morgan fingerprint density at radius 3 is 2.64 bits per heavy atom. The summed E-state index contributed by atoms with van der Waals surface area (Å²) in [4.78, 5) is 14.2. The van der Waals surface area contributed by atoms with E-state index in [1.54, 1.807) is 12.1 Å².